The lowest BCUT2D eigenvalue weighted by Crippen LogP contribution is -2.49. The average Bonchev–Trinajstić information content (AvgIpc) is 3.22. The minimum absolute atomic E-state index is 0.0297. The van der Waals surface area contributed by atoms with Crippen LogP contribution in [0.5, 0.6) is 0 Å². The summed E-state index contributed by atoms with van der Waals surface area (Å²) >= 11 is 0. The van der Waals surface area contributed by atoms with Crippen LogP contribution in [0.15, 0.2) is 30.7 Å². The minimum Gasteiger partial charge on any atom is -0.375 e. The smallest absolute Gasteiger partial charge is 0.315 e. The predicted molar refractivity (Wildman–Crippen MR) is 90.7 cm³/mol. The molecule has 1 spiro atoms. The Morgan fingerprint density at radius 1 is 1.38 bits per heavy atom. The maximum atomic E-state index is 12.2. The monoisotopic (exact) mass is 328 g/mol. The Bertz CT molecular complexity index is 721. The van der Waals surface area contributed by atoms with Crippen LogP contribution in [0.3, 0.4) is 0 Å². The van der Waals surface area contributed by atoms with Gasteiger partial charge in [0, 0.05) is 37.8 Å². The van der Waals surface area contributed by atoms with E-state index in [9.17, 15) is 4.79 Å². The number of nitrogens with zero attached hydrogens (tertiary/aromatic N) is 2. The molecule has 0 bridgehead atoms. The highest BCUT2D eigenvalue weighted by atomic mass is 16.5. The highest BCUT2D eigenvalue weighted by Crippen LogP contribution is 2.39. The third kappa shape index (κ3) is 3.24. The van der Waals surface area contributed by atoms with E-state index in [0.29, 0.717) is 6.54 Å². The standard InChI is InChI=1S/C18H24N4O2/c23-17(20-13-14-3-8-22-9-7-19-16(22)11-14)21-15-4-10-24-18(12-15)5-1-2-6-18/h3,7-9,11,15H,1-2,4-6,10,12-13H2,(H2,20,21,23)/t15-/m0/s1. The molecule has 2 aliphatic rings. The van der Waals surface area contributed by atoms with E-state index in [1.165, 1.54) is 12.8 Å². The molecule has 0 aromatic carbocycles. The Kier molecular flexibility index (Phi) is 4.14. The molecule has 0 radical (unpaired) electrons. The van der Waals surface area contributed by atoms with Crippen LogP contribution in [0.4, 0.5) is 4.79 Å². The number of ether oxygens (including phenoxy) is 1. The summed E-state index contributed by atoms with van der Waals surface area (Å²) in [6.45, 7) is 1.26. The van der Waals surface area contributed by atoms with Crippen molar-refractivity contribution >= 4 is 11.7 Å². The Balaban J connectivity index is 1.30. The summed E-state index contributed by atoms with van der Waals surface area (Å²) in [5.74, 6) is 0. The number of rotatable bonds is 3. The van der Waals surface area contributed by atoms with Crippen molar-refractivity contribution in [3.63, 3.8) is 0 Å². The van der Waals surface area contributed by atoms with Crippen molar-refractivity contribution in [2.24, 2.45) is 0 Å². The quantitative estimate of drug-likeness (QED) is 0.910. The van der Waals surface area contributed by atoms with Gasteiger partial charge in [-0.25, -0.2) is 9.78 Å². The van der Waals surface area contributed by atoms with Gasteiger partial charge in [-0.05, 0) is 43.4 Å². The lowest BCUT2D eigenvalue weighted by Gasteiger charge is -2.38. The number of fused-ring (bicyclic) bond motifs is 1. The highest BCUT2D eigenvalue weighted by molar-refractivity contribution is 5.74. The van der Waals surface area contributed by atoms with Gasteiger partial charge in [-0.3, -0.25) is 0 Å². The van der Waals surface area contributed by atoms with Crippen LogP contribution in [-0.2, 0) is 11.3 Å². The molecule has 6 nitrogen and oxygen atoms in total. The van der Waals surface area contributed by atoms with Gasteiger partial charge in [0.05, 0.1) is 5.60 Å². The molecule has 4 rings (SSSR count). The zero-order chi connectivity index (χ0) is 16.4. The Morgan fingerprint density at radius 2 is 2.25 bits per heavy atom. The molecule has 24 heavy (non-hydrogen) atoms. The van der Waals surface area contributed by atoms with Crippen LogP contribution in [0.1, 0.15) is 44.1 Å². The van der Waals surface area contributed by atoms with Crippen LogP contribution in [0, 0.1) is 0 Å². The van der Waals surface area contributed by atoms with Crippen molar-refractivity contribution in [2.75, 3.05) is 6.61 Å². The Labute approximate surface area is 141 Å². The van der Waals surface area contributed by atoms with Crippen LogP contribution >= 0.6 is 0 Å². The summed E-state index contributed by atoms with van der Waals surface area (Å²) in [7, 11) is 0. The van der Waals surface area contributed by atoms with Crippen molar-refractivity contribution in [1.82, 2.24) is 20.0 Å². The summed E-state index contributed by atoms with van der Waals surface area (Å²) in [5, 5.41) is 6.08. The third-order valence-electron chi connectivity index (χ3n) is 5.26. The fraction of sp³-hybridized carbons (Fsp3) is 0.556. The fourth-order valence-corrected chi connectivity index (χ4v) is 4.00. The topological polar surface area (TPSA) is 67.7 Å². The lowest BCUT2D eigenvalue weighted by molar-refractivity contribution is -0.0820. The molecule has 3 heterocycles. The van der Waals surface area contributed by atoms with E-state index in [4.69, 9.17) is 4.74 Å². The minimum atomic E-state index is -0.0988. The molecule has 6 heteroatoms. The van der Waals surface area contributed by atoms with Gasteiger partial charge in [0.1, 0.15) is 5.65 Å². The summed E-state index contributed by atoms with van der Waals surface area (Å²) in [6, 6.07) is 4.10. The second kappa shape index (κ2) is 6.43. The number of pyridine rings is 1. The maximum Gasteiger partial charge on any atom is 0.315 e. The largest absolute Gasteiger partial charge is 0.375 e. The zero-order valence-corrected chi connectivity index (χ0v) is 13.8. The number of carbonyl (C=O) groups excluding carboxylic acids is 1. The van der Waals surface area contributed by atoms with Crippen molar-refractivity contribution in [2.45, 2.75) is 56.7 Å². The number of amides is 2. The molecule has 128 valence electrons. The maximum absolute atomic E-state index is 12.2. The molecule has 1 saturated carbocycles. The molecule has 2 aromatic rings. The summed E-state index contributed by atoms with van der Waals surface area (Å²) < 4.78 is 7.97. The van der Waals surface area contributed by atoms with Gasteiger partial charge in [-0.1, -0.05) is 12.8 Å². The van der Waals surface area contributed by atoms with Crippen molar-refractivity contribution < 1.29 is 9.53 Å². The first-order chi connectivity index (χ1) is 11.7. The normalized spacial score (nSPS) is 22.8. The van der Waals surface area contributed by atoms with E-state index in [1.54, 1.807) is 6.20 Å². The molecule has 2 N–H and O–H groups in total. The van der Waals surface area contributed by atoms with Gasteiger partial charge in [0.25, 0.3) is 0 Å². The van der Waals surface area contributed by atoms with Crippen LogP contribution < -0.4 is 10.6 Å². The van der Waals surface area contributed by atoms with Gasteiger partial charge >= 0.3 is 6.03 Å². The van der Waals surface area contributed by atoms with Crippen LogP contribution in [0.2, 0.25) is 0 Å². The molecule has 2 aromatic heterocycles. The first-order valence-electron chi connectivity index (χ1n) is 8.82. The molecule has 1 aliphatic heterocycles. The van der Waals surface area contributed by atoms with Crippen LogP contribution in [0.25, 0.3) is 5.65 Å². The van der Waals surface area contributed by atoms with Gasteiger partial charge in [-0.2, -0.15) is 0 Å². The second-order valence-corrected chi connectivity index (χ2v) is 6.98. The second-order valence-electron chi connectivity index (χ2n) is 6.98. The van der Waals surface area contributed by atoms with E-state index in [2.05, 4.69) is 15.6 Å². The summed E-state index contributed by atoms with van der Waals surface area (Å²) in [5.41, 5.74) is 1.97. The Hall–Kier alpha value is -2.08. The fourth-order valence-electron chi connectivity index (χ4n) is 4.00. The number of urea groups is 1. The molecule has 1 atom stereocenters. The molecule has 2 fully saturated rings. The van der Waals surface area contributed by atoms with E-state index < -0.39 is 0 Å². The highest BCUT2D eigenvalue weighted by Gasteiger charge is 2.40. The van der Waals surface area contributed by atoms with E-state index >= 15 is 0 Å². The third-order valence-corrected chi connectivity index (χ3v) is 5.26. The molecule has 0 unspecified atom stereocenters. The first kappa shape index (κ1) is 15.4. The van der Waals surface area contributed by atoms with E-state index in [0.717, 1.165) is 43.5 Å². The number of hydrogen-bond donors (Lipinski definition) is 2. The number of aromatic nitrogens is 2. The summed E-state index contributed by atoms with van der Waals surface area (Å²) in [4.78, 5) is 16.5. The lowest BCUT2D eigenvalue weighted by atomic mass is 9.89. The van der Waals surface area contributed by atoms with Crippen molar-refractivity contribution in [3.8, 4) is 0 Å². The molecule has 1 saturated heterocycles. The predicted octanol–water partition coefficient (Wildman–Crippen LogP) is 2.63. The molecule has 2 amide bonds. The number of nitrogens with one attached hydrogen (secondary N) is 2. The molecular weight excluding hydrogens is 304 g/mol. The number of imidazole rings is 1. The van der Waals surface area contributed by atoms with Gasteiger partial charge in [0.15, 0.2) is 0 Å². The number of carbonyl (C=O) groups is 1. The number of hydrogen-bond acceptors (Lipinski definition) is 3. The van der Waals surface area contributed by atoms with Crippen molar-refractivity contribution in [1.29, 1.82) is 0 Å². The Morgan fingerprint density at radius 3 is 3.12 bits per heavy atom. The first-order valence-corrected chi connectivity index (χ1v) is 8.82. The summed E-state index contributed by atoms with van der Waals surface area (Å²) in [6.07, 6.45) is 12.2. The SMILES string of the molecule is O=C(NCc1ccn2ccnc2c1)N[C@H]1CCOC2(CCCC2)C1. The van der Waals surface area contributed by atoms with Gasteiger partial charge in [-0.15, -0.1) is 0 Å². The average molecular weight is 328 g/mol. The molecule has 1 aliphatic carbocycles. The molecular formula is C18H24N4O2. The van der Waals surface area contributed by atoms with Crippen LogP contribution in [-0.4, -0.2) is 33.7 Å². The zero-order valence-electron chi connectivity index (χ0n) is 13.8. The van der Waals surface area contributed by atoms with Gasteiger partial charge in [0.2, 0.25) is 0 Å². The van der Waals surface area contributed by atoms with Gasteiger partial charge < -0.3 is 19.8 Å². The van der Waals surface area contributed by atoms with Crippen molar-refractivity contribution in [3.05, 3.63) is 36.3 Å². The van der Waals surface area contributed by atoms with E-state index in [-0.39, 0.29) is 17.7 Å². The van der Waals surface area contributed by atoms with E-state index in [1.807, 2.05) is 28.9 Å².